The molecule has 0 saturated heterocycles. The molecule has 3 fully saturated rings. The number of rotatable bonds is 4. The lowest BCUT2D eigenvalue weighted by Gasteiger charge is -2.51. The highest BCUT2D eigenvalue weighted by Crippen LogP contribution is 2.57. The van der Waals surface area contributed by atoms with Crippen molar-refractivity contribution in [3.8, 4) is 0 Å². The van der Waals surface area contributed by atoms with E-state index in [9.17, 15) is 32.3 Å². The maximum absolute atomic E-state index is 13.7. The predicted octanol–water partition coefficient (Wildman–Crippen LogP) is 4.40. The average molecular weight is 479 g/mol. The summed E-state index contributed by atoms with van der Waals surface area (Å²) in [5.74, 6) is -1.34. The Hall–Kier alpha value is -2.91. The second kappa shape index (κ2) is 7.81. The van der Waals surface area contributed by atoms with Crippen molar-refractivity contribution in [3.05, 3.63) is 52.6 Å². The summed E-state index contributed by atoms with van der Waals surface area (Å²) < 4.78 is 55.6. The molecule has 6 rings (SSSR count). The van der Waals surface area contributed by atoms with Gasteiger partial charge in [-0.25, -0.2) is 4.39 Å². The first kappa shape index (κ1) is 22.9. The lowest BCUT2D eigenvalue weighted by Crippen LogP contribution is -2.54. The molecule has 2 bridgehead atoms. The summed E-state index contributed by atoms with van der Waals surface area (Å²) >= 11 is 0. The lowest BCUT2D eigenvalue weighted by molar-refractivity contribution is -0.167. The molecule has 1 amide bonds. The van der Waals surface area contributed by atoms with Crippen molar-refractivity contribution < 1.29 is 32.3 Å². The van der Waals surface area contributed by atoms with E-state index in [1.165, 1.54) is 28.9 Å². The fourth-order valence-electron chi connectivity index (χ4n) is 5.94. The van der Waals surface area contributed by atoms with E-state index < -0.39 is 34.5 Å². The maximum atomic E-state index is 13.7. The number of hydrogen-bond acceptors (Lipinski definition) is 3. The van der Waals surface area contributed by atoms with Crippen LogP contribution in [0.5, 0.6) is 0 Å². The molecule has 0 atom stereocenters. The van der Waals surface area contributed by atoms with Crippen LogP contribution >= 0.6 is 0 Å². The fraction of sp³-hybridized carbons (Fsp3) is 0.542. The summed E-state index contributed by atoms with van der Waals surface area (Å²) in [6, 6.07) is 5.49. The highest BCUT2D eigenvalue weighted by atomic mass is 19.4. The third-order valence-corrected chi connectivity index (χ3v) is 8.09. The van der Waals surface area contributed by atoms with Crippen LogP contribution in [-0.4, -0.2) is 38.2 Å². The second-order valence-electron chi connectivity index (χ2n) is 9.90. The van der Waals surface area contributed by atoms with Gasteiger partial charge in [0.2, 0.25) is 5.91 Å². The first-order valence-electron chi connectivity index (χ1n) is 11.5. The van der Waals surface area contributed by atoms with Crippen molar-refractivity contribution in [1.82, 2.24) is 14.7 Å². The Bertz CT molecular complexity index is 1120. The van der Waals surface area contributed by atoms with Gasteiger partial charge in [0.25, 0.3) is 0 Å². The van der Waals surface area contributed by atoms with Crippen LogP contribution in [0.25, 0.3) is 0 Å². The molecule has 1 aliphatic heterocycles. The number of carbonyl (C=O) groups excluding carboxylic acids is 1. The first-order valence-corrected chi connectivity index (χ1v) is 11.5. The van der Waals surface area contributed by atoms with Gasteiger partial charge >= 0.3 is 12.1 Å². The molecule has 1 aromatic heterocycles. The molecule has 0 spiro atoms. The molecule has 10 heteroatoms. The van der Waals surface area contributed by atoms with E-state index in [2.05, 4.69) is 5.10 Å². The van der Waals surface area contributed by atoms with E-state index in [0.717, 1.165) is 0 Å². The van der Waals surface area contributed by atoms with Crippen LogP contribution in [0, 0.1) is 16.6 Å². The number of aliphatic carboxylic acids is 1. The number of carboxylic acids is 1. The molecule has 1 N–H and O–H groups in total. The smallest absolute Gasteiger partial charge is 0.435 e. The second-order valence-corrected chi connectivity index (χ2v) is 9.90. The highest BCUT2D eigenvalue weighted by Gasteiger charge is 2.56. The van der Waals surface area contributed by atoms with Gasteiger partial charge in [0.15, 0.2) is 5.69 Å². The van der Waals surface area contributed by atoms with Gasteiger partial charge in [0, 0.05) is 17.5 Å². The summed E-state index contributed by atoms with van der Waals surface area (Å²) in [6.07, 6.45) is -1.74. The summed E-state index contributed by atoms with van der Waals surface area (Å²) in [6.45, 7) is 0.222. The number of fused-ring (bicyclic) bond motifs is 4. The molecule has 34 heavy (non-hydrogen) atoms. The molecule has 3 aliphatic carbocycles. The van der Waals surface area contributed by atoms with E-state index in [1.54, 1.807) is 4.90 Å². The molecule has 1 aromatic carbocycles. The largest absolute Gasteiger partial charge is 0.481 e. The van der Waals surface area contributed by atoms with Gasteiger partial charge in [-0.3, -0.25) is 14.3 Å². The Morgan fingerprint density at radius 3 is 2.15 bits per heavy atom. The Kier molecular flexibility index (Phi) is 5.25. The van der Waals surface area contributed by atoms with E-state index in [-0.39, 0.29) is 37.5 Å². The maximum Gasteiger partial charge on any atom is 0.435 e. The van der Waals surface area contributed by atoms with Crippen LogP contribution in [0.15, 0.2) is 24.3 Å². The van der Waals surface area contributed by atoms with Gasteiger partial charge in [-0.15, -0.1) is 0 Å². The molecular weight excluding hydrogens is 454 g/mol. The summed E-state index contributed by atoms with van der Waals surface area (Å²) in [5.41, 5.74) is -1.26. The molecule has 3 saturated carbocycles. The van der Waals surface area contributed by atoms with Crippen LogP contribution in [-0.2, 0) is 35.3 Å². The normalized spacial score (nSPS) is 26.4. The Balaban J connectivity index is 1.42. The number of nitrogens with zero attached hydrogens (tertiary/aromatic N) is 3. The van der Waals surface area contributed by atoms with Crippen LogP contribution in [0.3, 0.4) is 0 Å². The van der Waals surface area contributed by atoms with Crippen molar-refractivity contribution in [2.24, 2.45) is 10.8 Å². The predicted molar refractivity (Wildman–Crippen MR) is 112 cm³/mol. The average Bonchev–Trinajstić information content (AvgIpc) is 3.19. The van der Waals surface area contributed by atoms with E-state index in [0.29, 0.717) is 49.8 Å². The van der Waals surface area contributed by atoms with Gasteiger partial charge < -0.3 is 10.0 Å². The van der Waals surface area contributed by atoms with Crippen LogP contribution < -0.4 is 0 Å². The zero-order chi connectivity index (χ0) is 24.3. The minimum atomic E-state index is -4.62. The van der Waals surface area contributed by atoms with Crippen LogP contribution in [0.2, 0.25) is 0 Å². The number of benzene rings is 1. The third kappa shape index (κ3) is 3.67. The summed E-state index contributed by atoms with van der Waals surface area (Å²) in [4.78, 5) is 26.9. The Labute approximate surface area is 193 Å². The number of alkyl halides is 3. The monoisotopic (exact) mass is 479 g/mol. The third-order valence-electron chi connectivity index (χ3n) is 8.09. The zero-order valence-corrected chi connectivity index (χ0v) is 18.5. The molecule has 4 aliphatic rings. The van der Waals surface area contributed by atoms with Gasteiger partial charge in [-0.2, -0.15) is 18.3 Å². The standard InChI is InChI=1S/C24H25F4N3O3/c25-16-3-1-15(2-4-16)13-31-18-14-30(12-5-17(18)19(29-31)24(26,27)28)20(32)22-6-9-23(10-7-22,11-8-22)21(33)34/h1-4H,5-14H2,(H,33,34). The molecule has 182 valence electrons. The van der Waals surface area contributed by atoms with E-state index >= 15 is 0 Å². The van der Waals surface area contributed by atoms with Crippen LogP contribution in [0.4, 0.5) is 17.6 Å². The quantitative estimate of drug-likeness (QED) is 0.660. The minimum Gasteiger partial charge on any atom is -0.481 e. The lowest BCUT2D eigenvalue weighted by atomic mass is 9.53. The van der Waals surface area contributed by atoms with Crippen LogP contribution in [0.1, 0.15) is 61.0 Å². The highest BCUT2D eigenvalue weighted by molar-refractivity contribution is 5.85. The molecule has 6 nitrogen and oxygen atoms in total. The van der Waals surface area contributed by atoms with Gasteiger partial charge in [-0.05, 0) is 62.6 Å². The molecule has 0 unspecified atom stereocenters. The summed E-state index contributed by atoms with van der Waals surface area (Å²) in [5, 5.41) is 13.5. The number of aromatic nitrogens is 2. The SMILES string of the molecule is O=C(O)C12CCC(C(=O)N3CCc4c(C(F)(F)F)nn(Cc5ccc(F)cc5)c4C3)(CC1)CC2. The van der Waals surface area contributed by atoms with Crippen molar-refractivity contribution in [3.63, 3.8) is 0 Å². The van der Waals surface area contributed by atoms with Crippen molar-refractivity contribution >= 4 is 11.9 Å². The van der Waals surface area contributed by atoms with Gasteiger partial charge in [0.1, 0.15) is 5.82 Å². The van der Waals surface area contributed by atoms with E-state index in [4.69, 9.17) is 0 Å². The number of halogens is 4. The fourth-order valence-corrected chi connectivity index (χ4v) is 5.94. The number of hydrogen-bond donors (Lipinski definition) is 1. The first-order chi connectivity index (χ1) is 16.0. The zero-order valence-electron chi connectivity index (χ0n) is 18.5. The molecule has 0 radical (unpaired) electrons. The van der Waals surface area contributed by atoms with Gasteiger partial charge in [-0.1, -0.05) is 12.1 Å². The number of carboxylic acid groups (broad SMARTS) is 1. The van der Waals surface area contributed by atoms with E-state index in [1.807, 2.05) is 0 Å². The number of amides is 1. The topological polar surface area (TPSA) is 75.4 Å². The molecule has 2 heterocycles. The van der Waals surface area contributed by atoms with Crippen molar-refractivity contribution in [2.75, 3.05) is 6.54 Å². The summed E-state index contributed by atoms with van der Waals surface area (Å²) in [7, 11) is 0. The molecular formula is C24H25F4N3O3. The Morgan fingerprint density at radius 1 is 1.00 bits per heavy atom. The number of carbonyl (C=O) groups is 2. The minimum absolute atomic E-state index is 0.0181. The van der Waals surface area contributed by atoms with Gasteiger partial charge in [0.05, 0.1) is 24.2 Å². The molecule has 2 aromatic rings. The Morgan fingerprint density at radius 2 is 1.59 bits per heavy atom. The van der Waals surface area contributed by atoms with Crippen molar-refractivity contribution in [1.29, 1.82) is 0 Å². The van der Waals surface area contributed by atoms with Crippen molar-refractivity contribution in [2.45, 2.75) is 64.2 Å².